The second-order valence-electron chi connectivity index (χ2n) is 4.80. The Balaban J connectivity index is 1.93. The van der Waals surface area contributed by atoms with Crippen molar-refractivity contribution in [1.29, 1.82) is 0 Å². The van der Waals surface area contributed by atoms with E-state index in [2.05, 4.69) is 5.32 Å². The van der Waals surface area contributed by atoms with Crippen LogP contribution in [0.25, 0.3) is 0 Å². The summed E-state index contributed by atoms with van der Waals surface area (Å²) in [6.45, 7) is 0. The quantitative estimate of drug-likeness (QED) is 0.885. The van der Waals surface area contributed by atoms with Crippen molar-refractivity contribution in [2.75, 3.05) is 0 Å². The number of benzene rings is 1. The Bertz CT molecular complexity index is 399. The standard InChI is InChI=1S/C14H18ClNO2/c15-11-8-6-10(7-9-11)13(17)14(18)16-12-4-2-1-3-5-12/h6-9,12-13,17H,1-5H2,(H,16,18). The summed E-state index contributed by atoms with van der Waals surface area (Å²) in [5, 5.41) is 13.5. The number of carbonyl (C=O) groups is 1. The van der Waals surface area contributed by atoms with Crippen LogP contribution in [0.4, 0.5) is 0 Å². The Kier molecular flexibility index (Phi) is 4.61. The van der Waals surface area contributed by atoms with E-state index >= 15 is 0 Å². The molecule has 0 radical (unpaired) electrons. The minimum atomic E-state index is -1.11. The van der Waals surface area contributed by atoms with Gasteiger partial charge in [0.25, 0.3) is 5.91 Å². The summed E-state index contributed by atoms with van der Waals surface area (Å²) in [5.41, 5.74) is 0.577. The molecule has 1 fully saturated rings. The molecule has 18 heavy (non-hydrogen) atoms. The summed E-state index contributed by atoms with van der Waals surface area (Å²) in [6.07, 6.45) is 4.47. The molecule has 0 aliphatic heterocycles. The maximum atomic E-state index is 11.9. The Morgan fingerprint density at radius 1 is 1.22 bits per heavy atom. The summed E-state index contributed by atoms with van der Waals surface area (Å²) < 4.78 is 0. The third-order valence-electron chi connectivity index (χ3n) is 3.39. The molecule has 3 nitrogen and oxygen atoms in total. The van der Waals surface area contributed by atoms with Crippen LogP contribution in [0, 0.1) is 0 Å². The Morgan fingerprint density at radius 3 is 2.44 bits per heavy atom. The summed E-state index contributed by atoms with van der Waals surface area (Å²) in [7, 11) is 0. The van der Waals surface area contributed by atoms with Crippen LogP contribution in [0.2, 0.25) is 5.02 Å². The van der Waals surface area contributed by atoms with Gasteiger partial charge in [0.15, 0.2) is 6.10 Å². The van der Waals surface area contributed by atoms with Crippen molar-refractivity contribution >= 4 is 17.5 Å². The van der Waals surface area contributed by atoms with Crippen molar-refractivity contribution in [3.8, 4) is 0 Å². The summed E-state index contributed by atoms with van der Waals surface area (Å²) >= 11 is 5.77. The first kappa shape index (κ1) is 13.4. The van der Waals surface area contributed by atoms with Crippen LogP contribution in [0.15, 0.2) is 24.3 Å². The molecule has 2 N–H and O–H groups in total. The maximum absolute atomic E-state index is 11.9. The molecule has 1 saturated carbocycles. The van der Waals surface area contributed by atoms with Crippen molar-refractivity contribution in [1.82, 2.24) is 5.32 Å². The third kappa shape index (κ3) is 3.47. The highest BCUT2D eigenvalue weighted by Gasteiger charge is 2.21. The summed E-state index contributed by atoms with van der Waals surface area (Å²) in [4.78, 5) is 11.9. The van der Waals surface area contributed by atoms with Gasteiger partial charge in [-0.3, -0.25) is 4.79 Å². The first-order valence-corrected chi connectivity index (χ1v) is 6.78. The monoisotopic (exact) mass is 267 g/mol. The number of hydrogen-bond donors (Lipinski definition) is 2. The molecule has 0 spiro atoms. The zero-order valence-corrected chi connectivity index (χ0v) is 11.0. The van der Waals surface area contributed by atoms with E-state index in [9.17, 15) is 9.90 Å². The average molecular weight is 268 g/mol. The lowest BCUT2D eigenvalue weighted by Gasteiger charge is -2.24. The molecule has 4 heteroatoms. The van der Waals surface area contributed by atoms with Crippen molar-refractivity contribution < 1.29 is 9.90 Å². The van der Waals surface area contributed by atoms with Crippen LogP contribution in [-0.4, -0.2) is 17.1 Å². The van der Waals surface area contributed by atoms with Crippen LogP contribution in [-0.2, 0) is 4.79 Å². The zero-order chi connectivity index (χ0) is 13.0. The van der Waals surface area contributed by atoms with Crippen molar-refractivity contribution in [2.24, 2.45) is 0 Å². The van der Waals surface area contributed by atoms with Crippen molar-refractivity contribution in [3.63, 3.8) is 0 Å². The molecule has 1 aliphatic carbocycles. The molecular weight excluding hydrogens is 250 g/mol. The topological polar surface area (TPSA) is 49.3 Å². The van der Waals surface area contributed by atoms with Crippen LogP contribution in [0.3, 0.4) is 0 Å². The highest BCUT2D eigenvalue weighted by Crippen LogP contribution is 2.20. The second kappa shape index (κ2) is 6.21. The lowest BCUT2D eigenvalue weighted by atomic mass is 9.95. The molecule has 2 rings (SSSR count). The summed E-state index contributed by atoms with van der Waals surface area (Å²) in [5.74, 6) is -0.316. The van der Waals surface area contributed by atoms with E-state index in [1.807, 2.05) is 0 Å². The van der Waals surface area contributed by atoms with Crippen molar-refractivity contribution in [2.45, 2.75) is 44.2 Å². The number of aliphatic hydroxyl groups is 1. The van der Waals surface area contributed by atoms with Gasteiger partial charge in [0.05, 0.1) is 0 Å². The van der Waals surface area contributed by atoms with Gasteiger partial charge >= 0.3 is 0 Å². The van der Waals surface area contributed by atoms with Gasteiger partial charge in [0, 0.05) is 11.1 Å². The Labute approximate surface area is 112 Å². The first-order valence-electron chi connectivity index (χ1n) is 6.41. The van der Waals surface area contributed by atoms with E-state index in [1.54, 1.807) is 24.3 Å². The van der Waals surface area contributed by atoms with E-state index in [1.165, 1.54) is 6.42 Å². The second-order valence-corrected chi connectivity index (χ2v) is 5.23. The average Bonchev–Trinajstić information content (AvgIpc) is 2.40. The minimum Gasteiger partial charge on any atom is -0.378 e. The van der Waals surface area contributed by atoms with Gasteiger partial charge < -0.3 is 10.4 Å². The fraction of sp³-hybridized carbons (Fsp3) is 0.500. The molecule has 1 aliphatic rings. The fourth-order valence-corrected chi connectivity index (χ4v) is 2.45. The Morgan fingerprint density at radius 2 is 1.83 bits per heavy atom. The van der Waals surface area contributed by atoms with E-state index in [-0.39, 0.29) is 11.9 Å². The van der Waals surface area contributed by atoms with Crippen LogP contribution >= 0.6 is 11.6 Å². The number of nitrogens with one attached hydrogen (secondary N) is 1. The predicted octanol–water partition coefficient (Wildman–Crippen LogP) is 2.82. The lowest BCUT2D eigenvalue weighted by Crippen LogP contribution is -2.39. The highest BCUT2D eigenvalue weighted by molar-refractivity contribution is 6.30. The normalized spacial score (nSPS) is 18.3. The molecular formula is C14H18ClNO2. The van der Waals surface area contributed by atoms with Gasteiger partial charge in [0.1, 0.15) is 0 Å². The Hall–Kier alpha value is -1.06. The third-order valence-corrected chi connectivity index (χ3v) is 3.64. The smallest absolute Gasteiger partial charge is 0.253 e. The van der Waals surface area contributed by atoms with Crippen LogP contribution in [0.1, 0.15) is 43.8 Å². The van der Waals surface area contributed by atoms with Gasteiger partial charge in [-0.05, 0) is 30.5 Å². The van der Waals surface area contributed by atoms with Crippen LogP contribution < -0.4 is 5.32 Å². The van der Waals surface area contributed by atoms with E-state index in [0.29, 0.717) is 10.6 Å². The SMILES string of the molecule is O=C(NC1CCCCC1)C(O)c1ccc(Cl)cc1. The maximum Gasteiger partial charge on any atom is 0.253 e. The summed E-state index contributed by atoms with van der Waals surface area (Å²) in [6, 6.07) is 6.91. The zero-order valence-electron chi connectivity index (χ0n) is 10.2. The molecule has 0 heterocycles. The first-order chi connectivity index (χ1) is 8.66. The molecule has 1 aromatic carbocycles. The van der Waals surface area contributed by atoms with Gasteiger partial charge in [-0.1, -0.05) is 43.0 Å². The molecule has 0 bridgehead atoms. The van der Waals surface area contributed by atoms with E-state index in [0.717, 1.165) is 25.7 Å². The fourth-order valence-electron chi connectivity index (χ4n) is 2.32. The number of carbonyl (C=O) groups excluding carboxylic acids is 1. The molecule has 98 valence electrons. The van der Waals surface area contributed by atoms with Gasteiger partial charge in [0.2, 0.25) is 0 Å². The number of rotatable bonds is 3. The number of hydrogen-bond acceptors (Lipinski definition) is 2. The number of amides is 1. The molecule has 1 atom stereocenters. The number of halogens is 1. The molecule has 1 amide bonds. The largest absolute Gasteiger partial charge is 0.378 e. The van der Waals surface area contributed by atoms with Gasteiger partial charge in [-0.25, -0.2) is 0 Å². The minimum absolute atomic E-state index is 0.216. The van der Waals surface area contributed by atoms with Gasteiger partial charge in [-0.15, -0.1) is 0 Å². The molecule has 1 unspecified atom stereocenters. The molecule has 0 saturated heterocycles. The van der Waals surface area contributed by atoms with E-state index in [4.69, 9.17) is 11.6 Å². The highest BCUT2D eigenvalue weighted by atomic mass is 35.5. The molecule has 0 aromatic heterocycles. The van der Waals surface area contributed by atoms with Crippen LogP contribution in [0.5, 0.6) is 0 Å². The predicted molar refractivity (Wildman–Crippen MR) is 71.4 cm³/mol. The van der Waals surface area contributed by atoms with Gasteiger partial charge in [-0.2, -0.15) is 0 Å². The van der Waals surface area contributed by atoms with Crippen molar-refractivity contribution in [3.05, 3.63) is 34.9 Å². The van der Waals surface area contributed by atoms with E-state index < -0.39 is 6.10 Å². The lowest BCUT2D eigenvalue weighted by molar-refractivity contribution is -0.130. The number of aliphatic hydroxyl groups excluding tert-OH is 1. The molecule has 1 aromatic rings.